The van der Waals surface area contributed by atoms with Gasteiger partial charge in [0.25, 0.3) is 0 Å². The van der Waals surface area contributed by atoms with Crippen LogP contribution in [-0.4, -0.2) is 81.3 Å². The summed E-state index contributed by atoms with van der Waals surface area (Å²) >= 11 is 8.26. The highest BCUT2D eigenvalue weighted by molar-refractivity contribution is 7.99. The summed E-state index contributed by atoms with van der Waals surface area (Å²) < 4.78 is 0. The van der Waals surface area contributed by atoms with E-state index >= 15 is 0 Å². The highest BCUT2D eigenvalue weighted by Crippen LogP contribution is 2.41. The molecule has 4 amide bonds. The molecule has 0 fully saturated rings. The Morgan fingerprint density at radius 1 is 0.949 bits per heavy atom. The summed E-state index contributed by atoms with van der Waals surface area (Å²) in [5.41, 5.74) is 15.9. The molecule has 0 bridgehead atoms. The third-order valence-corrected chi connectivity index (χ3v) is 12.1. The molecule has 5 aromatic rings. The molecule has 3 atom stereocenters. The summed E-state index contributed by atoms with van der Waals surface area (Å²) in [6.07, 6.45) is 4.98. The third-order valence-electron chi connectivity index (χ3n) is 10.4. The highest BCUT2D eigenvalue weighted by Gasteiger charge is 2.34. The maximum atomic E-state index is 14.7. The molecule has 3 aromatic carbocycles. The number of aromatic amines is 1. The molecule has 0 unspecified atom stereocenters. The van der Waals surface area contributed by atoms with Crippen LogP contribution in [-0.2, 0) is 38.7 Å². The molecule has 16 heteroatoms. The number of nitrogens with two attached hydrogens (primary N) is 2. The minimum absolute atomic E-state index is 0.0174. The van der Waals surface area contributed by atoms with Gasteiger partial charge in [-0.05, 0) is 90.4 Å². The van der Waals surface area contributed by atoms with Gasteiger partial charge in [-0.15, -0.1) is 0 Å². The molecule has 2 aromatic heterocycles. The van der Waals surface area contributed by atoms with Gasteiger partial charge in [0.15, 0.2) is 0 Å². The van der Waals surface area contributed by atoms with E-state index in [1.807, 2.05) is 42.6 Å². The Morgan fingerprint density at radius 3 is 2.47 bits per heavy atom. The number of halogens is 1. The van der Waals surface area contributed by atoms with Crippen molar-refractivity contribution in [3.8, 4) is 11.1 Å². The van der Waals surface area contributed by atoms with E-state index in [0.29, 0.717) is 51.0 Å². The van der Waals surface area contributed by atoms with E-state index in [2.05, 4.69) is 25.9 Å². The zero-order chi connectivity index (χ0) is 42.1. The first-order chi connectivity index (χ1) is 28.4. The lowest BCUT2D eigenvalue weighted by Crippen LogP contribution is -2.57. The van der Waals surface area contributed by atoms with E-state index in [1.54, 1.807) is 37.5 Å². The smallest absolute Gasteiger partial charge is 0.335 e. The Bertz CT molecular complexity index is 2340. The number of amides is 4. The van der Waals surface area contributed by atoms with Crippen LogP contribution in [0.3, 0.4) is 0 Å². The quantitative estimate of drug-likeness (QED) is 0.0903. The number of carboxylic acid groups (broad SMARTS) is 1. The molecule has 59 heavy (non-hydrogen) atoms. The van der Waals surface area contributed by atoms with Crippen LogP contribution in [0.5, 0.6) is 0 Å². The number of benzene rings is 3. The van der Waals surface area contributed by atoms with Crippen molar-refractivity contribution >= 4 is 63.9 Å². The second-order valence-electron chi connectivity index (χ2n) is 14.4. The molecular formula is C43H47ClN8O6S. The Labute approximate surface area is 350 Å². The zero-order valence-electron chi connectivity index (χ0n) is 32.5. The third kappa shape index (κ3) is 10.5. The van der Waals surface area contributed by atoms with E-state index in [-0.39, 0.29) is 44.3 Å². The number of nitrogens with one attached hydrogen (secondary N) is 4. The van der Waals surface area contributed by atoms with Gasteiger partial charge in [-0.2, -0.15) is 0 Å². The van der Waals surface area contributed by atoms with Crippen LogP contribution in [0, 0.1) is 0 Å². The van der Waals surface area contributed by atoms with E-state index in [4.69, 9.17) is 23.1 Å². The number of unbranched alkanes of at least 4 members (excludes halogenated alkanes) is 1. The Kier molecular flexibility index (Phi) is 14.4. The average molecular weight is 839 g/mol. The van der Waals surface area contributed by atoms with Crippen molar-refractivity contribution in [3.63, 3.8) is 0 Å². The summed E-state index contributed by atoms with van der Waals surface area (Å²) in [6.45, 7) is 0.531. The Hall–Kier alpha value is -5.74. The van der Waals surface area contributed by atoms with Crippen LogP contribution in [0.15, 0.2) is 95.1 Å². The largest absolute Gasteiger partial charge is 0.478 e. The van der Waals surface area contributed by atoms with Crippen molar-refractivity contribution in [2.75, 3.05) is 13.6 Å². The Balaban J connectivity index is 1.48. The number of carboxylic acids is 1. The summed E-state index contributed by atoms with van der Waals surface area (Å²) in [5, 5.41) is 20.7. The van der Waals surface area contributed by atoms with Gasteiger partial charge in [-0.25, -0.2) is 9.78 Å². The lowest BCUT2D eigenvalue weighted by molar-refractivity contribution is -0.142. The number of carbonyl (C=O) groups excluding carboxylic acids is 4. The number of para-hydroxylation sites is 1. The lowest BCUT2D eigenvalue weighted by Gasteiger charge is -2.32. The standard InChI is InChI=1S/C43H47ClN8O6S/c1-52-36(21-28-23-48-33-9-3-2-8-30(28)33)40(55)50-24-31-29(25-11-13-26(14-12-25)43(57)58)15-16-32(44)38(31)59-41-27(7-6-20-47-41)22-49-34(17-18-37(46)53)39(54)51-35(42(52)56)10-4-5-19-45/h2-3,6-9,11-16,20,23,34-36,48-49H,4-5,10,17-19,21-22,24,45H2,1H3,(H2,46,53)(H,50,55)(H,51,54)(H,57,58)/t34-,35-,36-/m0/s1. The first kappa shape index (κ1) is 42.9. The van der Waals surface area contributed by atoms with Gasteiger partial charge >= 0.3 is 5.97 Å². The molecule has 1 aliphatic heterocycles. The number of H-pyrrole nitrogens is 1. The molecule has 0 radical (unpaired) electrons. The van der Waals surface area contributed by atoms with E-state index in [9.17, 15) is 29.1 Å². The van der Waals surface area contributed by atoms with Gasteiger partial charge in [0.2, 0.25) is 23.6 Å². The number of rotatable bonds is 11. The fourth-order valence-electron chi connectivity index (χ4n) is 7.17. The Morgan fingerprint density at radius 2 is 1.73 bits per heavy atom. The van der Waals surface area contributed by atoms with Crippen molar-refractivity contribution in [3.05, 3.63) is 112 Å². The van der Waals surface area contributed by atoms with Crippen LogP contribution in [0.25, 0.3) is 22.0 Å². The molecule has 0 saturated heterocycles. The molecule has 308 valence electrons. The second kappa shape index (κ2) is 19.8. The topological polar surface area (TPSA) is 226 Å². The number of fused-ring (bicyclic) bond motifs is 3. The molecule has 3 heterocycles. The fourth-order valence-corrected chi connectivity index (χ4v) is 8.51. The summed E-state index contributed by atoms with van der Waals surface area (Å²) in [7, 11) is 1.55. The van der Waals surface area contributed by atoms with E-state index < -0.39 is 47.7 Å². The van der Waals surface area contributed by atoms with Gasteiger partial charge in [-0.1, -0.05) is 65.8 Å². The van der Waals surface area contributed by atoms with E-state index in [1.165, 1.54) is 28.8 Å². The average Bonchev–Trinajstić information content (AvgIpc) is 3.64. The van der Waals surface area contributed by atoms with Crippen LogP contribution < -0.4 is 27.4 Å². The SMILES string of the molecule is CN1C(=O)[C@H](CCCCN)NC(=O)[C@H](CCC(N)=O)NCc2cccnc2Sc2c(Cl)ccc(-c3ccc(C(=O)O)cc3)c2CNC(=O)[C@@H]1Cc1c[nH]c2ccccc12. The number of aromatic nitrogens is 2. The van der Waals surface area contributed by atoms with Crippen molar-refractivity contribution in [2.24, 2.45) is 11.5 Å². The predicted octanol–water partition coefficient (Wildman–Crippen LogP) is 4.77. The number of aromatic carboxylic acids is 1. The number of hydrogen-bond donors (Lipinski definition) is 7. The van der Waals surface area contributed by atoms with Crippen LogP contribution >= 0.6 is 23.4 Å². The minimum atomic E-state index is -1.06. The fraction of sp³-hybridized carbons (Fsp3) is 0.302. The van der Waals surface area contributed by atoms with Crippen LogP contribution in [0.4, 0.5) is 0 Å². The second-order valence-corrected chi connectivity index (χ2v) is 15.8. The van der Waals surface area contributed by atoms with Gasteiger partial charge in [-0.3, -0.25) is 19.2 Å². The summed E-state index contributed by atoms with van der Waals surface area (Å²) in [4.78, 5) is 76.9. The molecule has 1 aliphatic rings. The van der Waals surface area contributed by atoms with Gasteiger partial charge in [0, 0.05) is 61.2 Å². The zero-order valence-corrected chi connectivity index (χ0v) is 34.1. The van der Waals surface area contributed by atoms with Crippen molar-refractivity contribution in [1.82, 2.24) is 30.8 Å². The number of likely N-dealkylation sites (N-methyl/N-ethyl adjacent to an activating group) is 1. The summed E-state index contributed by atoms with van der Waals surface area (Å²) in [5.74, 6) is -3.07. The van der Waals surface area contributed by atoms with Gasteiger partial charge < -0.3 is 42.4 Å². The van der Waals surface area contributed by atoms with Gasteiger partial charge in [0.05, 0.1) is 16.6 Å². The minimum Gasteiger partial charge on any atom is -0.478 e. The van der Waals surface area contributed by atoms with Crippen molar-refractivity contribution < 1.29 is 29.1 Å². The highest BCUT2D eigenvalue weighted by atomic mass is 35.5. The predicted molar refractivity (Wildman–Crippen MR) is 227 cm³/mol. The number of nitrogens with zero attached hydrogens (tertiary/aromatic N) is 2. The molecule has 9 N–H and O–H groups in total. The maximum Gasteiger partial charge on any atom is 0.335 e. The van der Waals surface area contributed by atoms with E-state index in [0.717, 1.165) is 22.0 Å². The molecular weight excluding hydrogens is 792 g/mol. The molecule has 14 nitrogen and oxygen atoms in total. The van der Waals surface area contributed by atoms with Crippen LogP contribution in [0.1, 0.15) is 59.2 Å². The summed E-state index contributed by atoms with van der Waals surface area (Å²) in [6, 6.07) is 18.3. The number of hydrogen-bond acceptors (Lipinski definition) is 9. The normalized spacial score (nSPS) is 18.1. The number of primary amides is 1. The first-order valence-electron chi connectivity index (χ1n) is 19.3. The number of pyridine rings is 1. The van der Waals surface area contributed by atoms with Gasteiger partial charge in [0.1, 0.15) is 17.1 Å². The molecule has 6 rings (SSSR count). The lowest BCUT2D eigenvalue weighted by atomic mass is 9.98. The first-order valence-corrected chi connectivity index (χ1v) is 20.5. The van der Waals surface area contributed by atoms with Crippen molar-refractivity contribution in [1.29, 1.82) is 0 Å². The van der Waals surface area contributed by atoms with Crippen molar-refractivity contribution in [2.45, 2.75) is 79.7 Å². The van der Waals surface area contributed by atoms with Crippen LogP contribution in [0.2, 0.25) is 5.02 Å². The maximum absolute atomic E-state index is 14.7. The molecule has 0 aliphatic carbocycles. The molecule has 0 spiro atoms. The monoisotopic (exact) mass is 838 g/mol. The number of carbonyl (C=O) groups is 5. The molecule has 0 saturated carbocycles.